The van der Waals surface area contributed by atoms with Crippen LogP contribution in [0.2, 0.25) is 0 Å². The molecule has 2 aromatic carbocycles. The Morgan fingerprint density at radius 3 is 1.39 bits per heavy atom. The number of rotatable bonds is 8. The fourth-order valence-electron chi connectivity index (χ4n) is 2.93. The van der Waals surface area contributed by atoms with Gasteiger partial charge in [-0.2, -0.15) is 0 Å². The molecule has 0 atom stereocenters. The van der Waals surface area contributed by atoms with E-state index in [9.17, 15) is 0 Å². The van der Waals surface area contributed by atoms with E-state index in [1.54, 1.807) is 0 Å². The van der Waals surface area contributed by atoms with Gasteiger partial charge in [-0.25, -0.2) is 0 Å². The Morgan fingerprint density at radius 2 is 1.06 bits per heavy atom. The number of likely N-dealkylation sites (N-methyl/N-ethyl adjacent to an activating group) is 2. The number of hydrogen-bond acceptors (Lipinski definition) is 5. The van der Waals surface area contributed by atoms with E-state index < -0.39 is 30.3 Å². The van der Waals surface area contributed by atoms with Crippen molar-refractivity contribution in [2.75, 3.05) is 65.0 Å². The average molecular weight is 613 g/mol. The van der Waals surface area contributed by atoms with Gasteiger partial charge < -0.3 is 24.9 Å². The van der Waals surface area contributed by atoms with Crippen molar-refractivity contribution < 1.29 is 34.7 Å². The van der Waals surface area contributed by atoms with Gasteiger partial charge >= 0.3 is 69.1 Å². The fourth-order valence-corrected chi connectivity index (χ4v) is 2.93. The van der Waals surface area contributed by atoms with Crippen LogP contribution >= 0.6 is 38.8 Å². The summed E-state index contributed by atoms with van der Waals surface area (Å²) in [5.41, 5.74) is 3.96. The van der Waals surface area contributed by atoms with Crippen LogP contribution in [0.1, 0.15) is 0 Å². The number of nitrogens with one attached hydrogen (secondary N) is 2. The molecular formula is C20H28Cl4N4OZn2. The molecule has 0 radical (unpaired) electrons. The normalized spacial score (nSPS) is 10.1. The molecule has 5 nitrogen and oxygen atoms in total. The van der Waals surface area contributed by atoms with Gasteiger partial charge in [-0.3, -0.25) is 0 Å². The van der Waals surface area contributed by atoms with Gasteiger partial charge in [0.05, 0.1) is 11.4 Å². The van der Waals surface area contributed by atoms with Gasteiger partial charge in [0.25, 0.3) is 0 Å². The monoisotopic (exact) mass is 608 g/mol. The van der Waals surface area contributed by atoms with Crippen molar-refractivity contribution in [3.8, 4) is 0 Å². The summed E-state index contributed by atoms with van der Waals surface area (Å²) in [4.78, 5) is 4.33. The summed E-state index contributed by atoms with van der Waals surface area (Å²) in [6.45, 7) is 3.73. The molecule has 3 aromatic rings. The van der Waals surface area contributed by atoms with Crippen molar-refractivity contribution in [2.24, 2.45) is 0 Å². The zero-order valence-corrected chi connectivity index (χ0v) is 27.5. The maximum absolute atomic E-state index is 6.28. The molecule has 11 heteroatoms. The predicted octanol–water partition coefficient (Wildman–Crippen LogP) is 6.29. The first-order valence-electron chi connectivity index (χ1n) is 9.84. The van der Waals surface area contributed by atoms with Crippen molar-refractivity contribution in [3.05, 3.63) is 36.4 Å². The first-order valence-corrected chi connectivity index (χ1v) is 25.4. The van der Waals surface area contributed by atoms with E-state index in [0.717, 1.165) is 59.5 Å². The Balaban J connectivity index is 0.000000720. The standard InChI is InChI=1S/C20H28N4O.4ClH.2Zn/c1-23(2)13-11-21-17-9-5-7-15-16-8-6-10-18(20(16)25-19(15)17)22-12-14-24(3)4;;;;;;/h5-10,21-22H,11-14H2,1-4H3;4*1H;;/q;;;;;2*+2/p-4. The molecule has 0 amide bonds. The van der Waals surface area contributed by atoms with Crippen LogP contribution in [0.5, 0.6) is 0 Å². The molecule has 0 unspecified atom stereocenters. The number of anilines is 2. The van der Waals surface area contributed by atoms with Gasteiger partial charge in [0.2, 0.25) is 0 Å². The van der Waals surface area contributed by atoms with Crippen molar-refractivity contribution in [1.29, 1.82) is 0 Å². The van der Waals surface area contributed by atoms with Gasteiger partial charge in [-0.05, 0) is 40.3 Å². The Kier molecular flexibility index (Phi) is 15.8. The number of halogens is 4. The minimum absolute atomic E-state index is 0.886. The molecule has 0 aliphatic heterocycles. The molecule has 3 rings (SSSR count). The number of fused-ring (bicyclic) bond motifs is 3. The van der Waals surface area contributed by atoms with E-state index in [1.807, 2.05) is 0 Å². The Hall–Kier alpha value is 0.167. The second kappa shape index (κ2) is 16.7. The minimum atomic E-state index is -0.931. The SMILES string of the molecule is CN(C)CCNc1cccc2c1oc1c(NCCN(C)C)cccc12.[Cl][Zn][Cl].[Cl][Zn][Cl]. The molecule has 1 aromatic heterocycles. The van der Waals surface area contributed by atoms with E-state index in [4.69, 9.17) is 43.2 Å². The van der Waals surface area contributed by atoms with Crippen LogP contribution in [-0.2, 0) is 30.3 Å². The van der Waals surface area contributed by atoms with E-state index >= 15 is 0 Å². The summed E-state index contributed by atoms with van der Waals surface area (Å²) >= 11 is -1.86. The quantitative estimate of drug-likeness (QED) is 0.293. The number of furan rings is 1. The molecule has 31 heavy (non-hydrogen) atoms. The van der Waals surface area contributed by atoms with Crippen molar-refractivity contribution in [2.45, 2.75) is 0 Å². The maximum atomic E-state index is 6.28. The molecule has 0 aliphatic carbocycles. The van der Waals surface area contributed by atoms with Crippen LogP contribution < -0.4 is 10.6 Å². The van der Waals surface area contributed by atoms with Crippen LogP contribution in [0.3, 0.4) is 0 Å². The van der Waals surface area contributed by atoms with Gasteiger partial charge in [0.1, 0.15) is 0 Å². The van der Waals surface area contributed by atoms with Crippen LogP contribution in [0.25, 0.3) is 21.9 Å². The molecular weight excluding hydrogens is 585 g/mol. The molecule has 166 valence electrons. The summed E-state index contributed by atoms with van der Waals surface area (Å²) in [6.07, 6.45) is 0. The third-order valence-corrected chi connectivity index (χ3v) is 4.27. The van der Waals surface area contributed by atoms with Gasteiger partial charge in [-0.1, -0.05) is 24.3 Å². The Bertz CT molecular complexity index is 826. The van der Waals surface area contributed by atoms with E-state index in [0.29, 0.717) is 0 Å². The first kappa shape index (κ1) is 29.2. The Labute approximate surface area is 216 Å². The van der Waals surface area contributed by atoms with E-state index in [2.05, 4.69) is 85.0 Å². The summed E-state index contributed by atoms with van der Waals surface area (Å²) in [6, 6.07) is 12.6. The number of hydrogen-bond donors (Lipinski definition) is 2. The van der Waals surface area contributed by atoms with Crippen molar-refractivity contribution in [3.63, 3.8) is 0 Å². The first-order chi connectivity index (χ1) is 14.9. The number of nitrogens with zero attached hydrogens (tertiary/aromatic N) is 2. The summed E-state index contributed by atoms with van der Waals surface area (Å²) in [5, 5.41) is 9.30. The zero-order valence-electron chi connectivity index (χ0n) is 18.5. The molecule has 0 spiro atoms. The molecule has 0 fully saturated rings. The topological polar surface area (TPSA) is 43.7 Å². The summed E-state index contributed by atoms with van der Waals surface area (Å²) < 4.78 is 6.28. The molecule has 0 bridgehead atoms. The van der Waals surface area contributed by atoms with Gasteiger partial charge in [0.15, 0.2) is 11.2 Å². The van der Waals surface area contributed by atoms with Crippen LogP contribution in [0, 0.1) is 0 Å². The van der Waals surface area contributed by atoms with Crippen molar-refractivity contribution in [1.82, 2.24) is 9.80 Å². The fraction of sp³-hybridized carbons (Fsp3) is 0.400. The van der Waals surface area contributed by atoms with Crippen LogP contribution in [0.4, 0.5) is 11.4 Å². The van der Waals surface area contributed by atoms with Crippen LogP contribution in [0.15, 0.2) is 40.8 Å². The molecule has 1 heterocycles. The molecule has 0 saturated carbocycles. The summed E-state index contributed by atoms with van der Waals surface area (Å²) in [7, 11) is 28.1. The second-order valence-corrected chi connectivity index (χ2v) is 16.4. The molecule has 0 saturated heterocycles. The average Bonchev–Trinajstić information content (AvgIpc) is 3.09. The number of para-hydroxylation sites is 2. The second-order valence-electron chi connectivity index (χ2n) is 7.13. The van der Waals surface area contributed by atoms with Gasteiger partial charge in [-0.15, -0.1) is 0 Å². The molecule has 0 aliphatic rings. The van der Waals surface area contributed by atoms with Gasteiger partial charge in [0, 0.05) is 37.0 Å². The zero-order chi connectivity index (χ0) is 23.2. The van der Waals surface area contributed by atoms with E-state index in [-0.39, 0.29) is 0 Å². The van der Waals surface area contributed by atoms with Crippen molar-refractivity contribution >= 4 is 72.1 Å². The predicted molar refractivity (Wildman–Crippen MR) is 131 cm³/mol. The molecule has 2 N–H and O–H groups in total. The van der Waals surface area contributed by atoms with E-state index in [1.165, 1.54) is 0 Å². The summed E-state index contributed by atoms with van der Waals surface area (Å²) in [5.74, 6) is 0. The Morgan fingerprint density at radius 1 is 0.710 bits per heavy atom. The third-order valence-electron chi connectivity index (χ3n) is 4.27. The number of benzene rings is 2. The third kappa shape index (κ3) is 10.3. The van der Waals surface area contributed by atoms with Crippen LogP contribution in [-0.4, -0.2) is 64.2 Å².